The number of rotatable bonds is 13. The molecule has 0 spiro atoms. The molecule has 1 aromatic rings. The highest BCUT2D eigenvalue weighted by Gasteiger charge is 2.20. The van der Waals surface area contributed by atoms with E-state index in [4.69, 9.17) is 14.2 Å². The van der Waals surface area contributed by atoms with Gasteiger partial charge in [-0.15, -0.1) is 0 Å². The van der Waals surface area contributed by atoms with Gasteiger partial charge in [-0.1, -0.05) is 32.3 Å². The Hall–Kier alpha value is -1.76. The monoisotopic (exact) mass is 400 g/mol. The van der Waals surface area contributed by atoms with Crippen LogP contribution in [-0.2, 0) is 19.4 Å². The number of unbranched alkanes of at least 4 members (excludes halogenated alkanes) is 2. The number of hydrogen-bond acceptors (Lipinski definition) is 6. The molecule has 1 rings (SSSR count). The molecule has 0 saturated carbocycles. The van der Waals surface area contributed by atoms with Gasteiger partial charge in [0.1, 0.15) is 21.3 Å². The van der Waals surface area contributed by atoms with E-state index in [1.54, 1.807) is 13.2 Å². The molecule has 154 valence electrons. The minimum Gasteiger partial charge on any atom is -0.496 e. The van der Waals surface area contributed by atoms with Crippen molar-refractivity contribution in [2.75, 3.05) is 32.8 Å². The van der Waals surface area contributed by atoms with Gasteiger partial charge in [-0.3, -0.25) is 4.79 Å². The summed E-state index contributed by atoms with van der Waals surface area (Å²) in [5.41, 5.74) is 0.961. The van der Waals surface area contributed by atoms with Gasteiger partial charge in [0.15, 0.2) is 0 Å². The second-order valence-electron chi connectivity index (χ2n) is 6.71. The van der Waals surface area contributed by atoms with Gasteiger partial charge in [-0.05, 0) is 30.4 Å². The lowest BCUT2D eigenvalue weighted by Crippen LogP contribution is -2.11. The van der Waals surface area contributed by atoms with Crippen molar-refractivity contribution in [3.05, 3.63) is 23.8 Å². The molecule has 6 nitrogen and oxygen atoms in total. The van der Waals surface area contributed by atoms with Gasteiger partial charge in [0.2, 0.25) is 0 Å². The zero-order valence-corrected chi connectivity index (χ0v) is 17.6. The minimum absolute atomic E-state index is 0.0261. The summed E-state index contributed by atoms with van der Waals surface area (Å²) in [4.78, 5) is 11.8. The van der Waals surface area contributed by atoms with Crippen molar-refractivity contribution in [1.29, 1.82) is 0 Å². The summed E-state index contributed by atoms with van der Waals surface area (Å²) in [5, 5.41) is 0. The van der Waals surface area contributed by atoms with Gasteiger partial charge >= 0.3 is 5.97 Å². The van der Waals surface area contributed by atoms with Crippen LogP contribution < -0.4 is 9.47 Å². The Morgan fingerprint density at radius 1 is 1.15 bits per heavy atom. The standard InChI is InChI=1S/C20H32O6S/c1-5-6-7-9-16(14-20(21)25-3)18-11-10-17(15-19(18)24-2)26-12-8-13-27(4,22)23/h10-11,15-16H,5-9,12-14H2,1-4H3. The predicted octanol–water partition coefficient (Wildman–Crippen LogP) is 3.74. The molecule has 0 aliphatic carbocycles. The first-order valence-electron chi connectivity index (χ1n) is 9.36. The first-order valence-corrected chi connectivity index (χ1v) is 11.4. The lowest BCUT2D eigenvalue weighted by atomic mass is 9.89. The SMILES string of the molecule is CCCCCC(CC(=O)OC)c1ccc(OCCCS(C)(=O)=O)cc1OC. The highest BCUT2D eigenvalue weighted by Crippen LogP contribution is 2.35. The summed E-state index contributed by atoms with van der Waals surface area (Å²) in [6.45, 7) is 2.46. The highest BCUT2D eigenvalue weighted by atomic mass is 32.2. The van der Waals surface area contributed by atoms with E-state index < -0.39 is 9.84 Å². The maximum Gasteiger partial charge on any atom is 0.306 e. The molecule has 0 amide bonds. The molecule has 0 radical (unpaired) electrons. The van der Waals surface area contributed by atoms with Crippen molar-refractivity contribution in [3.8, 4) is 11.5 Å². The Bertz CT molecular complexity index is 684. The molecule has 0 aromatic heterocycles. The number of hydrogen-bond donors (Lipinski definition) is 0. The Labute approximate surface area is 163 Å². The summed E-state index contributed by atoms with van der Waals surface area (Å²) in [6, 6.07) is 5.55. The smallest absolute Gasteiger partial charge is 0.306 e. The molecule has 0 aliphatic rings. The van der Waals surface area contributed by atoms with E-state index in [0.29, 0.717) is 30.9 Å². The number of benzene rings is 1. The van der Waals surface area contributed by atoms with Crippen LogP contribution in [0.15, 0.2) is 18.2 Å². The van der Waals surface area contributed by atoms with Crippen LogP contribution in [0.3, 0.4) is 0 Å². The first-order chi connectivity index (χ1) is 12.8. The third-order valence-electron chi connectivity index (χ3n) is 4.37. The lowest BCUT2D eigenvalue weighted by molar-refractivity contribution is -0.141. The third kappa shape index (κ3) is 9.13. The molecule has 1 atom stereocenters. The van der Waals surface area contributed by atoms with Crippen molar-refractivity contribution >= 4 is 15.8 Å². The second kappa shape index (κ2) is 11.8. The third-order valence-corrected chi connectivity index (χ3v) is 5.40. The number of ether oxygens (including phenoxy) is 3. The van der Waals surface area contributed by atoms with Gasteiger partial charge < -0.3 is 14.2 Å². The van der Waals surface area contributed by atoms with Crippen molar-refractivity contribution in [2.45, 2.75) is 51.4 Å². The summed E-state index contributed by atoms with van der Waals surface area (Å²) in [7, 11) is 0.00663. The van der Waals surface area contributed by atoms with Crippen molar-refractivity contribution in [3.63, 3.8) is 0 Å². The molecule has 0 fully saturated rings. The van der Waals surface area contributed by atoms with E-state index in [-0.39, 0.29) is 17.6 Å². The van der Waals surface area contributed by atoms with E-state index in [1.807, 2.05) is 12.1 Å². The van der Waals surface area contributed by atoms with Crippen LogP contribution in [0, 0.1) is 0 Å². The fourth-order valence-corrected chi connectivity index (χ4v) is 3.56. The van der Waals surface area contributed by atoms with Crippen molar-refractivity contribution in [2.24, 2.45) is 0 Å². The Balaban J connectivity index is 2.85. The number of methoxy groups -OCH3 is 2. The van der Waals surface area contributed by atoms with Crippen LogP contribution in [0.25, 0.3) is 0 Å². The summed E-state index contributed by atoms with van der Waals surface area (Å²) >= 11 is 0. The topological polar surface area (TPSA) is 78.9 Å². The van der Waals surface area contributed by atoms with E-state index in [9.17, 15) is 13.2 Å². The van der Waals surface area contributed by atoms with Crippen LogP contribution in [-0.4, -0.2) is 47.2 Å². The van der Waals surface area contributed by atoms with Gasteiger partial charge in [0, 0.05) is 12.3 Å². The van der Waals surface area contributed by atoms with Crippen LogP contribution in [0.1, 0.15) is 56.9 Å². The number of carbonyl (C=O) groups is 1. The molecule has 27 heavy (non-hydrogen) atoms. The first kappa shape index (κ1) is 23.3. The van der Waals surface area contributed by atoms with Crippen molar-refractivity contribution < 1.29 is 27.4 Å². The lowest BCUT2D eigenvalue weighted by Gasteiger charge is -2.20. The number of carbonyl (C=O) groups excluding carboxylic acids is 1. The van der Waals surface area contributed by atoms with Crippen LogP contribution >= 0.6 is 0 Å². The summed E-state index contributed by atoms with van der Waals surface area (Å²) in [5.74, 6) is 1.18. The van der Waals surface area contributed by atoms with Crippen molar-refractivity contribution in [1.82, 2.24) is 0 Å². The molecule has 0 N–H and O–H groups in total. The Kier molecular flexibility index (Phi) is 10.2. The molecule has 1 unspecified atom stereocenters. The molecular formula is C20H32O6S. The van der Waals surface area contributed by atoms with Crippen LogP contribution in [0.4, 0.5) is 0 Å². The molecule has 0 bridgehead atoms. The van der Waals surface area contributed by atoms with E-state index in [1.165, 1.54) is 13.4 Å². The Morgan fingerprint density at radius 2 is 1.89 bits per heavy atom. The van der Waals surface area contributed by atoms with Gasteiger partial charge in [0.25, 0.3) is 0 Å². The van der Waals surface area contributed by atoms with E-state index >= 15 is 0 Å². The number of sulfone groups is 1. The fraction of sp³-hybridized carbons (Fsp3) is 0.650. The quantitative estimate of drug-likeness (QED) is 0.371. The van der Waals surface area contributed by atoms with Crippen LogP contribution in [0.2, 0.25) is 0 Å². The second-order valence-corrected chi connectivity index (χ2v) is 8.97. The molecule has 1 aromatic carbocycles. The predicted molar refractivity (Wildman–Crippen MR) is 106 cm³/mol. The van der Waals surface area contributed by atoms with Gasteiger partial charge in [-0.25, -0.2) is 8.42 Å². The molecule has 0 heterocycles. The zero-order valence-electron chi connectivity index (χ0n) is 16.8. The van der Waals surface area contributed by atoms with E-state index in [2.05, 4.69) is 6.92 Å². The normalized spacial score (nSPS) is 12.4. The average molecular weight is 401 g/mol. The maximum atomic E-state index is 11.8. The zero-order chi connectivity index (χ0) is 20.3. The molecular weight excluding hydrogens is 368 g/mol. The fourth-order valence-electron chi connectivity index (χ4n) is 2.92. The molecule has 7 heteroatoms. The average Bonchev–Trinajstić information content (AvgIpc) is 2.63. The number of esters is 1. The maximum absolute atomic E-state index is 11.8. The highest BCUT2D eigenvalue weighted by molar-refractivity contribution is 7.90. The Morgan fingerprint density at radius 3 is 2.48 bits per heavy atom. The van der Waals surface area contributed by atoms with Gasteiger partial charge in [0.05, 0.1) is 33.0 Å². The molecule has 0 saturated heterocycles. The van der Waals surface area contributed by atoms with Gasteiger partial charge in [-0.2, -0.15) is 0 Å². The van der Waals surface area contributed by atoms with E-state index in [0.717, 1.165) is 31.2 Å². The molecule has 0 aliphatic heterocycles. The summed E-state index contributed by atoms with van der Waals surface area (Å²) in [6.07, 6.45) is 6.10. The summed E-state index contributed by atoms with van der Waals surface area (Å²) < 4.78 is 38.3. The van der Waals surface area contributed by atoms with Crippen LogP contribution in [0.5, 0.6) is 11.5 Å². The largest absolute Gasteiger partial charge is 0.496 e. The minimum atomic E-state index is -2.98.